The number of aromatic nitrogens is 3. The third kappa shape index (κ3) is 3.20. The number of fused-ring (bicyclic) bond motifs is 1. The molecule has 0 N–H and O–H groups in total. The van der Waals surface area contributed by atoms with Crippen molar-refractivity contribution in [2.45, 2.75) is 20.8 Å². The van der Waals surface area contributed by atoms with E-state index in [4.69, 9.17) is 0 Å². The summed E-state index contributed by atoms with van der Waals surface area (Å²) in [6.45, 7) is 8.25. The predicted molar refractivity (Wildman–Crippen MR) is 116 cm³/mol. The molecule has 0 fully saturated rings. The van der Waals surface area contributed by atoms with Crippen LogP contribution < -0.4 is 15.0 Å². The Labute approximate surface area is 167 Å². The summed E-state index contributed by atoms with van der Waals surface area (Å²) in [4.78, 5) is 15.9. The second-order valence-electron chi connectivity index (χ2n) is 6.64. The third-order valence-electron chi connectivity index (χ3n) is 4.95. The predicted octanol–water partition coefficient (Wildman–Crippen LogP) is 3.52. The van der Waals surface area contributed by atoms with Gasteiger partial charge in [0.05, 0.1) is 4.53 Å². The first-order chi connectivity index (χ1) is 13.6. The lowest BCUT2D eigenvalue weighted by molar-refractivity contribution is 0.866. The minimum Gasteiger partial charge on any atom is -0.372 e. The largest absolute Gasteiger partial charge is 0.372 e. The summed E-state index contributed by atoms with van der Waals surface area (Å²) in [5.74, 6) is 0.603. The molecule has 2 heterocycles. The molecule has 0 spiro atoms. The Balaban J connectivity index is 1.77. The van der Waals surface area contributed by atoms with E-state index in [1.54, 1.807) is 4.40 Å². The van der Waals surface area contributed by atoms with Crippen LogP contribution in [-0.2, 0) is 0 Å². The Hall–Kier alpha value is -2.99. The molecular formula is C22H22N4OS. The lowest BCUT2D eigenvalue weighted by Crippen LogP contribution is -2.23. The maximum Gasteiger partial charge on any atom is 0.276 e. The van der Waals surface area contributed by atoms with Gasteiger partial charge in [-0.3, -0.25) is 4.79 Å². The SMILES string of the molecule is CCN(CC)c1ccc(C=c2sc3nnc(-c4ccccc4C)n3c2=O)cc1. The molecule has 0 unspecified atom stereocenters. The molecule has 0 saturated heterocycles. The smallest absolute Gasteiger partial charge is 0.276 e. The average molecular weight is 391 g/mol. The summed E-state index contributed by atoms with van der Waals surface area (Å²) in [6.07, 6.45) is 1.93. The van der Waals surface area contributed by atoms with Crippen LogP contribution in [0.3, 0.4) is 0 Å². The van der Waals surface area contributed by atoms with Gasteiger partial charge in [-0.05, 0) is 50.1 Å². The van der Waals surface area contributed by atoms with Crippen LogP contribution in [0, 0.1) is 6.92 Å². The van der Waals surface area contributed by atoms with Gasteiger partial charge in [-0.15, -0.1) is 10.2 Å². The highest BCUT2D eigenvalue weighted by molar-refractivity contribution is 7.15. The molecule has 0 aliphatic carbocycles. The summed E-state index contributed by atoms with van der Waals surface area (Å²) in [6, 6.07) is 16.2. The van der Waals surface area contributed by atoms with Crippen LogP contribution in [0.1, 0.15) is 25.0 Å². The van der Waals surface area contributed by atoms with Crippen molar-refractivity contribution in [2.75, 3.05) is 18.0 Å². The molecule has 0 radical (unpaired) electrons. The molecule has 0 atom stereocenters. The van der Waals surface area contributed by atoms with E-state index in [1.165, 1.54) is 17.0 Å². The Kier molecular flexibility index (Phi) is 4.96. The average Bonchev–Trinajstić information content (AvgIpc) is 3.25. The molecule has 0 aliphatic rings. The second kappa shape index (κ2) is 7.56. The maximum atomic E-state index is 13.0. The van der Waals surface area contributed by atoms with Gasteiger partial charge in [-0.25, -0.2) is 4.40 Å². The van der Waals surface area contributed by atoms with Crippen molar-refractivity contribution in [3.63, 3.8) is 0 Å². The number of rotatable bonds is 5. The van der Waals surface area contributed by atoms with Crippen LogP contribution in [0.15, 0.2) is 53.3 Å². The molecule has 0 aliphatic heterocycles. The van der Waals surface area contributed by atoms with Gasteiger partial charge in [0.25, 0.3) is 5.56 Å². The van der Waals surface area contributed by atoms with Gasteiger partial charge in [0.2, 0.25) is 4.96 Å². The summed E-state index contributed by atoms with van der Waals surface area (Å²) < 4.78 is 2.28. The highest BCUT2D eigenvalue weighted by Crippen LogP contribution is 2.21. The number of benzene rings is 2. The van der Waals surface area contributed by atoms with Crippen LogP contribution in [-0.4, -0.2) is 27.7 Å². The van der Waals surface area contributed by atoms with E-state index in [2.05, 4.69) is 53.2 Å². The van der Waals surface area contributed by atoms with Crippen LogP contribution in [0.4, 0.5) is 5.69 Å². The highest BCUT2D eigenvalue weighted by atomic mass is 32.1. The number of thiazole rings is 1. The van der Waals surface area contributed by atoms with E-state index in [0.29, 0.717) is 15.3 Å². The zero-order valence-corrected chi connectivity index (χ0v) is 17.0. The molecule has 6 heteroatoms. The van der Waals surface area contributed by atoms with Crippen molar-refractivity contribution in [1.82, 2.24) is 14.6 Å². The zero-order valence-electron chi connectivity index (χ0n) is 16.2. The highest BCUT2D eigenvalue weighted by Gasteiger charge is 2.15. The molecule has 0 bridgehead atoms. The second-order valence-corrected chi connectivity index (χ2v) is 7.65. The molecule has 0 saturated carbocycles. The number of aryl methyl sites for hydroxylation is 1. The first-order valence-corrected chi connectivity index (χ1v) is 10.2. The number of anilines is 1. The summed E-state index contributed by atoms with van der Waals surface area (Å²) >= 11 is 1.37. The van der Waals surface area contributed by atoms with Crippen LogP contribution in [0.2, 0.25) is 0 Å². The molecule has 2 aromatic carbocycles. The lowest BCUT2D eigenvalue weighted by Gasteiger charge is -2.20. The fraction of sp³-hybridized carbons (Fsp3) is 0.227. The molecule has 2 aromatic heterocycles. The number of nitrogens with zero attached hydrogens (tertiary/aromatic N) is 4. The van der Waals surface area contributed by atoms with Crippen molar-refractivity contribution < 1.29 is 0 Å². The van der Waals surface area contributed by atoms with Gasteiger partial charge in [0.1, 0.15) is 0 Å². The third-order valence-corrected chi connectivity index (χ3v) is 5.91. The standard InChI is InChI=1S/C22H22N4OS/c1-4-25(5-2)17-12-10-16(11-13-17)14-19-21(27)26-20(23-24-22(26)28-19)18-9-7-6-8-15(18)3/h6-14H,4-5H2,1-3H3. The fourth-order valence-corrected chi connectivity index (χ4v) is 4.29. The summed E-state index contributed by atoms with van der Waals surface area (Å²) in [5.41, 5.74) is 4.12. The summed E-state index contributed by atoms with van der Waals surface area (Å²) in [5, 5.41) is 8.47. The molecular weight excluding hydrogens is 368 g/mol. The van der Waals surface area contributed by atoms with Crippen molar-refractivity contribution in [1.29, 1.82) is 0 Å². The van der Waals surface area contributed by atoms with Crippen molar-refractivity contribution in [3.8, 4) is 11.4 Å². The first kappa shape index (κ1) is 18.4. The van der Waals surface area contributed by atoms with Crippen LogP contribution in [0.5, 0.6) is 0 Å². The van der Waals surface area contributed by atoms with Crippen LogP contribution >= 0.6 is 11.3 Å². The Morgan fingerprint density at radius 2 is 1.75 bits per heavy atom. The van der Waals surface area contributed by atoms with Gasteiger partial charge in [0.15, 0.2) is 5.82 Å². The van der Waals surface area contributed by atoms with Gasteiger partial charge in [-0.1, -0.05) is 47.7 Å². The van der Waals surface area contributed by atoms with Crippen molar-refractivity contribution in [2.24, 2.45) is 0 Å². The van der Waals surface area contributed by atoms with E-state index in [9.17, 15) is 4.79 Å². The van der Waals surface area contributed by atoms with E-state index in [1.807, 2.05) is 37.3 Å². The number of hydrogen-bond donors (Lipinski definition) is 0. The van der Waals surface area contributed by atoms with E-state index >= 15 is 0 Å². The zero-order chi connectivity index (χ0) is 19.7. The van der Waals surface area contributed by atoms with E-state index in [0.717, 1.165) is 29.8 Å². The van der Waals surface area contributed by atoms with Crippen molar-refractivity contribution >= 4 is 28.1 Å². The molecule has 0 amide bonds. The quantitative estimate of drug-likeness (QED) is 0.523. The monoisotopic (exact) mass is 390 g/mol. The molecule has 5 nitrogen and oxygen atoms in total. The van der Waals surface area contributed by atoms with Gasteiger partial charge >= 0.3 is 0 Å². The molecule has 28 heavy (non-hydrogen) atoms. The van der Waals surface area contributed by atoms with E-state index in [-0.39, 0.29) is 5.56 Å². The fourth-order valence-electron chi connectivity index (χ4n) is 3.38. The molecule has 4 rings (SSSR count). The molecule has 142 valence electrons. The minimum absolute atomic E-state index is 0.0731. The Morgan fingerprint density at radius 1 is 1.04 bits per heavy atom. The minimum atomic E-state index is -0.0731. The number of hydrogen-bond acceptors (Lipinski definition) is 5. The molecule has 4 aromatic rings. The van der Waals surface area contributed by atoms with Gasteiger partial charge in [-0.2, -0.15) is 0 Å². The maximum absolute atomic E-state index is 13.0. The Bertz CT molecular complexity index is 1220. The van der Waals surface area contributed by atoms with Crippen molar-refractivity contribution in [3.05, 3.63) is 74.5 Å². The normalized spacial score (nSPS) is 12.0. The summed E-state index contributed by atoms with van der Waals surface area (Å²) in [7, 11) is 0. The topological polar surface area (TPSA) is 50.5 Å². The Morgan fingerprint density at radius 3 is 2.43 bits per heavy atom. The first-order valence-electron chi connectivity index (χ1n) is 9.43. The van der Waals surface area contributed by atoms with Gasteiger partial charge in [0, 0.05) is 24.3 Å². The van der Waals surface area contributed by atoms with Gasteiger partial charge < -0.3 is 4.90 Å². The van der Waals surface area contributed by atoms with Crippen LogP contribution in [0.25, 0.3) is 22.4 Å². The van der Waals surface area contributed by atoms with E-state index < -0.39 is 0 Å². The lowest BCUT2D eigenvalue weighted by atomic mass is 10.1.